The fourth-order valence-electron chi connectivity index (χ4n) is 1.88. The van der Waals surface area contributed by atoms with Gasteiger partial charge in [-0.2, -0.15) is 0 Å². The lowest BCUT2D eigenvalue weighted by atomic mass is 10.1. The van der Waals surface area contributed by atoms with Crippen LogP contribution in [0, 0.1) is 0 Å². The molecule has 0 aliphatic heterocycles. The van der Waals surface area contributed by atoms with E-state index in [9.17, 15) is 4.79 Å². The van der Waals surface area contributed by atoms with Gasteiger partial charge in [0.05, 0.1) is 6.61 Å². The van der Waals surface area contributed by atoms with Crippen LogP contribution in [-0.4, -0.2) is 22.7 Å². The Balaban J connectivity index is 1.66. The molecule has 2 amide bonds. The van der Waals surface area contributed by atoms with Crippen molar-refractivity contribution in [3.63, 3.8) is 0 Å². The Labute approximate surface area is 124 Å². The van der Waals surface area contributed by atoms with E-state index in [0.717, 1.165) is 23.1 Å². The van der Waals surface area contributed by atoms with Crippen LogP contribution in [0.1, 0.15) is 16.7 Å². The molecule has 110 valence electrons. The van der Waals surface area contributed by atoms with Crippen molar-refractivity contribution in [3.05, 3.63) is 65.5 Å². The van der Waals surface area contributed by atoms with E-state index in [-0.39, 0.29) is 12.6 Å². The van der Waals surface area contributed by atoms with Crippen molar-refractivity contribution in [1.82, 2.24) is 15.6 Å². The molecule has 0 spiro atoms. The molecular weight excluding hydrogens is 266 g/mol. The Kier molecular flexibility index (Phi) is 5.72. The minimum absolute atomic E-state index is 0.0515. The largest absolute Gasteiger partial charge is 0.392 e. The van der Waals surface area contributed by atoms with Gasteiger partial charge in [0.2, 0.25) is 0 Å². The van der Waals surface area contributed by atoms with Crippen LogP contribution in [0.25, 0.3) is 0 Å². The summed E-state index contributed by atoms with van der Waals surface area (Å²) in [4.78, 5) is 15.6. The third-order valence-corrected chi connectivity index (χ3v) is 3.11. The third-order valence-electron chi connectivity index (χ3n) is 3.11. The van der Waals surface area contributed by atoms with Crippen molar-refractivity contribution in [1.29, 1.82) is 0 Å². The highest BCUT2D eigenvalue weighted by atomic mass is 16.3. The van der Waals surface area contributed by atoms with Gasteiger partial charge in [-0.1, -0.05) is 24.3 Å². The van der Waals surface area contributed by atoms with Gasteiger partial charge in [0, 0.05) is 25.5 Å². The first-order valence-electron chi connectivity index (χ1n) is 6.87. The van der Waals surface area contributed by atoms with Crippen molar-refractivity contribution in [2.45, 2.75) is 19.6 Å². The molecule has 0 saturated heterocycles. The van der Waals surface area contributed by atoms with Gasteiger partial charge in [0.1, 0.15) is 0 Å². The van der Waals surface area contributed by atoms with Gasteiger partial charge in [-0.15, -0.1) is 0 Å². The number of nitrogens with one attached hydrogen (secondary N) is 2. The molecule has 0 atom stereocenters. The number of hydrogen-bond donors (Lipinski definition) is 3. The zero-order valence-corrected chi connectivity index (χ0v) is 11.7. The van der Waals surface area contributed by atoms with Crippen LogP contribution in [0.3, 0.4) is 0 Å². The summed E-state index contributed by atoms with van der Waals surface area (Å²) in [6.07, 6.45) is 4.16. The highest BCUT2D eigenvalue weighted by Crippen LogP contribution is 2.04. The first-order valence-corrected chi connectivity index (χ1v) is 6.87. The topological polar surface area (TPSA) is 74.2 Å². The maximum Gasteiger partial charge on any atom is 0.315 e. The highest BCUT2D eigenvalue weighted by Gasteiger charge is 2.00. The van der Waals surface area contributed by atoms with E-state index >= 15 is 0 Å². The zero-order valence-electron chi connectivity index (χ0n) is 11.7. The Morgan fingerprint density at radius 1 is 0.952 bits per heavy atom. The van der Waals surface area contributed by atoms with Crippen molar-refractivity contribution >= 4 is 6.03 Å². The van der Waals surface area contributed by atoms with Gasteiger partial charge in [0.25, 0.3) is 0 Å². The van der Waals surface area contributed by atoms with Gasteiger partial charge < -0.3 is 15.7 Å². The number of aromatic nitrogens is 1. The molecule has 2 rings (SSSR count). The number of aliphatic hydroxyl groups excluding tert-OH is 1. The smallest absolute Gasteiger partial charge is 0.315 e. The summed E-state index contributed by atoms with van der Waals surface area (Å²) in [6.45, 7) is 1.11. The molecule has 0 unspecified atom stereocenters. The quantitative estimate of drug-likeness (QED) is 0.755. The van der Waals surface area contributed by atoms with Gasteiger partial charge in [0.15, 0.2) is 0 Å². The summed E-state index contributed by atoms with van der Waals surface area (Å²) in [5.74, 6) is 0. The standard InChI is InChI=1S/C16H19N3O2/c20-12-15-3-1-13(2-4-15)7-10-18-16(21)19-11-14-5-8-17-9-6-14/h1-6,8-9,20H,7,10-12H2,(H2,18,19,21). The van der Waals surface area contributed by atoms with Crippen LogP contribution in [0.5, 0.6) is 0 Å². The second-order valence-electron chi connectivity index (χ2n) is 4.69. The molecule has 0 aliphatic rings. The number of carbonyl (C=O) groups is 1. The maximum atomic E-state index is 11.6. The van der Waals surface area contributed by atoms with E-state index in [0.29, 0.717) is 13.1 Å². The summed E-state index contributed by atoms with van der Waals surface area (Å²) in [5, 5.41) is 14.6. The normalized spacial score (nSPS) is 10.1. The molecular formula is C16H19N3O2. The molecule has 0 fully saturated rings. The number of carbonyl (C=O) groups excluding carboxylic acids is 1. The maximum absolute atomic E-state index is 11.6. The molecule has 2 aromatic rings. The number of benzene rings is 1. The Morgan fingerprint density at radius 2 is 1.62 bits per heavy atom. The fourth-order valence-corrected chi connectivity index (χ4v) is 1.88. The Morgan fingerprint density at radius 3 is 2.29 bits per heavy atom. The van der Waals surface area contributed by atoms with E-state index < -0.39 is 0 Å². The lowest BCUT2D eigenvalue weighted by Gasteiger charge is -2.08. The molecule has 0 bridgehead atoms. The van der Waals surface area contributed by atoms with Crippen LogP contribution in [0.15, 0.2) is 48.8 Å². The average molecular weight is 285 g/mol. The minimum atomic E-state index is -0.182. The van der Waals surface area contributed by atoms with E-state index in [1.807, 2.05) is 36.4 Å². The first kappa shape index (κ1) is 15.0. The number of rotatable bonds is 6. The number of nitrogens with zero attached hydrogens (tertiary/aromatic N) is 1. The van der Waals surface area contributed by atoms with Crippen molar-refractivity contribution in [2.75, 3.05) is 6.54 Å². The van der Waals surface area contributed by atoms with Crippen LogP contribution in [0.2, 0.25) is 0 Å². The SMILES string of the molecule is O=C(NCCc1ccc(CO)cc1)NCc1ccncc1. The van der Waals surface area contributed by atoms with E-state index in [2.05, 4.69) is 15.6 Å². The van der Waals surface area contributed by atoms with Crippen molar-refractivity contribution in [2.24, 2.45) is 0 Å². The molecule has 1 aromatic carbocycles. The molecule has 5 nitrogen and oxygen atoms in total. The lowest BCUT2D eigenvalue weighted by Crippen LogP contribution is -2.36. The molecule has 21 heavy (non-hydrogen) atoms. The first-order chi connectivity index (χ1) is 10.3. The van der Waals surface area contributed by atoms with Crippen LogP contribution >= 0.6 is 0 Å². The predicted octanol–water partition coefficient (Wildman–Crippen LogP) is 1.62. The number of aliphatic hydroxyl groups is 1. The van der Waals surface area contributed by atoms with E-state index in [1.165, 1.54) is 0 Å². The summed E-state index contributed by atoms with van der Waals surface area (Å²) < 4.78 is 0. The molecule has 0 aliphatic carbocycles. The second-order valence-corrected chi connectivity index (χ2v) is 4.69. The highest BCUT2D eigenvalue weighted by molar-refractivity contribution is 5.73. The van der Waals surface area contributed by atoms with E-state index in [4.69, 9.17) is 5.11 Å². The number of urea groups is 1. The van der Waals surface area contributed by atoms with Gasteiger partial charge >= 0.3 is 6.03 Å². The van der Waals surface area contributed by atoms with Crippen LogP contribution in [-0.2, 0) is 19.6 Å². The number of hydrogen-bond acceptors (Lipinski definition) is 3. The van der Waals surface area contributed by atoms with Gasteiger partial charge in [-0.25, -0.2) is 4.79 Å². The fraction of sp³-hybridized carbons (Fsp3) is 0.250. The molecule has 0 radical (unpaired) electrons. The van der Waals surface area contributed by atoms with Crippen LogP contribution < -0.4 is 10.6 Å². The molecule has 0 saturated carbocycles. The minimum Gasteiger partial charge on any atom is -0.392 e. The summed E-state index contributed by atoms with van der Waals surface area (Å²) in [7, 11) is 0. The summed E-state index contributed by atoms with van der Waals surface area (Å²) in [5.41, 5.74) is 3.03. The monoisotopic (exact) mass is 285 g/mol. The zero-order chi connectivity index (χ0) is 14.9. The third kappa shape index (κ3) is 5.24. The molecule has 1 aromatic heterocycles. The van der Waals surface area contributed by atoms with E-state index in [1.54, 1.807) is 12.4 Å². The number of pyridine rings is 1. The summed E-state index contributed by atoms with van der Waals surface area (Å²) >= 11 is 0. The van der Waals surface area contributed by atoms with Gasteiger partial charge in [-0.3, -0.25) is 4.98 Å². The Hall–Kier alpha value is -2.40. The Bertz CT molecular complexity index is 555. The van der Waals surface area contributed by atoms with Crippen molar-refractivity contribution in [3.8, 4) is 0 Å². The summed E-state index contributed by atoms with van der Waals surface area (Å²) in [6, 6.07) is 11.2. The number of amides is 2. The predicted molar refractivity (Wildman–Crippen MR) is 80.5 cm³/mol. The average Bonchev–Trinajstić information content (AvgIpc) is 2.54. The van der Waals surface area contributed by atoms with Crippen LogP contribution in [0.4, 0.5) is 4.79 Å². The van der Waals surface area contributed by atoms with Crippen molar-refractivity contribution < 1.29 is 9.90 Å². The molecule has 5 heteroatoms. The molecule has 3 N–H and O–H groups in total. The van der Waals surface area contributed by atoms with Gasteiger partial charge in [-0.05, 0) is 35.2 Å². The second kappa shape index (κ2) is 8.01. The lowest BCUT2D eigenvalue weighted by molar-refractivity contribution is 0.240. The molecule has 1 heterocycles.